The number of hydrogen-bond donors (Lipinski definition) is 5. The van der Waals surface area contributed by atoms with Crippen molar-refractivity contribution < 1.29 is 18.0 Å². The van der Waals surface area contributed by atoms with Gasteiger partial charge in [0.15, 0.2) is 0 Å². The van der Waals surface area contributed by atoms with Gasteiger partial charge in [0.1, 0.15) is 11.4 Å². The summed E-state index contributed by atoms with van der Waals surface area (Å²) in [6, 6.07) is 13.9. The topological polar surface area (TPSA) is 153 Å². The van der Waals surface area contributed by atoms with Crippen LogP contribution in [-0.4, -0.2) is 30.6 Å². The predicted octanol–water partition coefficient (Wildman–Crippen LogP) is 4.21. The lowest BCUT2D eigenvalue weighted by molar-refractivity contribution is -0.110. The Morgan fingerprint density at radius 3 is 2.59 bits per heavy atom. The lowest BCUT2D eigenvalue weighted by Gasteiger charge is -2.20. The Bertz CT molecular complexity index is 1290. The van der Waals surface area contributed by atoms with Crippen molar-refractivity contribution in [3.63, 3.8) is 0 Å². The first-order valence-corrected chi connectivity index (χ1v) is 11.3. The summed E-state index contributed by atoms with van der Waals surface area (Å²) in [6.07, 6.45) is 0.288. The molecule has 3 rings (SSSR count). The fraction of sp³-hybridized carbons (Fsp3) is 0.231. The molecule has 0 heterocycles. The number of halogens is 3. The standard InChI is InChI=1S/C26H26F3N7O/c27-26(28,29)23(33)11-22(35-20-5-1-3-17(9-20)12-30)25(37)36-21-6-2-4-18(10-21)24(19(13-31)14-32)34-15-16-7-8-16/h1-6,9-11,13-14,16,24,31,34H,7-8,15,32-33H2,(H,36,37)/b19-14+,23-11?,31-13?,35-22?. The lowest BCUT2D eigenvalue weighted by atomic mass is 9.99. The first-order valence-electron chi connectivity index (χ1n) is 11.3. The molecular weight excluding hydrogens is 483 g/mol. The van der Waals surface area contributed by atoms with Gasteiger partial charge in [-0.25, -0.2) is 4.99 Å². The van der Waals surface area contributed by atoms with Crippen molar-refractivity contribution >= 4 is 29.2 Å². The average Bonchev–Trinajstić information content (AvgIpc) is 3.70. The molecule has 37 heavy (non-hydrogen) atoms. The zero-order chi connectivity index (χ0) is 27.0. The van der Waals surface area contributed by atoms with Crippen LogP contribution in [0.5, 0.6) is 0 Å². The molecule has 7 N–H and O–H groups in total. The second-order valence-electron chi connectivity index (χ2n) is 8.43. The van der Waals surface area contributed by atoms with E-state index >= 15 is 0 Å². The monoisotopic (exact) mass is 509 g/mol. The minimum Gasteiger partial charge on any atom is -0.404 e. The largest absolute Gasteiger partial charge is 0.430 e. The van der Waals surface area contributed by atoms with Gasteiger partial charge < -0.3 is 27.5 Å². The number of carbonyl (C=O) groups excluding carboxylic acids is 1. The number of aliphatic imine (C=N–C) groups is 1. The van der Waals surface area contributed by atoms with Crippen LogP contribution < -0.4 is 22.1 Å². The molecule has 0 bridgehead atoms. The minimum atomic E-state index is -4.87. The lowest BCUT2D eigenvalue weighted by Crippen LogP contribution is -2.27. The number of nitrogens with zero attached hydrogens (tertiary/aromatic N) is 2. The van der Waals surface area contributed by atoms with Crippen LogP contribution in [0, 0.1) is 22.7 Å². The minimum absolute atomic E-state index is 0.109. The summed E-state index contributed by atoms with van der Waals surface area (Å²) in [5, 5.41) is 22.7. The highest BCUT2D eigenvalue weighted by Gasteiger charge is 2.32. The highest BCUT2D eigenvalue weighted by Crippen LogP contribution is 2.30. The first-order chi connectivity index (χ1) is 17.6. The summed E-state index contributed by atoms with van der Waals surface area (Å²) in [4.78, 5) is 17.0. The van der Waals surface area contributed by atoms with Crippen LogP contribution in [0.4, 0.5) is 24.5 Å². The molecule has 192 valence electrons. The van der Waals surface area contributed by atoms with Crippen LogP contribution in [0.3, 0.4) is 0 Å². The van der Waals surface area contributed by atoms with Crippen LogP contribution >= 0.6 is 0 Å². The van der Waals surface area contributed by atoms with Crippen LogP contribution in [0.2, 0.25) is 0 Å². The highest BCUT2D eigenvalue weighted by molar-refractivity contribution is 6.47. The zero-order valence-corrected chi connectivity index (χ0v) is 19.7. The SMILES string of the molecule is N#Cc1cccc(N=C(C=C(N)C(F)(F)F)C(=O)Nc2cccc(C(NCC3CC3)/C(C=N)=C/N)c2)c1. The van der Waals surface area contributed by atoms with Crippen molar-refractivity contribution in [2.24, 2.45) is 22.4 Å². The summed E-state index contributed by atoms with van der Waals surface area (Å²) >= 11 is 0. The van der Waals surface area contributed by atoms with Gasteiger partial charge in [0, 0.05) is 23.7 Å². The summed E-state index contributed by atoms with van der Waals surface area (Å²) in [7, 11) is 0. The van der Waals surface area contributed by atoms with Gasteiger partial charge in [-0.2, -0.15) is 18.4 Å². The average molecular weight is 510 g/mol. The van der Waals surface area contributed by atoms with Crippen molar-refractivity contribution in [2.75, 3.05) is 11.9 Å². The number of amides is 1. The second-order valence-corrected chi connectivity index (χ2v) is 8.43. The number of alkyl halides is 3. The number of nitrogens with two attached hydrogens (primary N) is 2. The molecule has 1 saturated carbocycles. The van der Waals surface area contributed by atoms with Crippen molar-refractivity contribution in [3.8, 4) is 6.07 Å². The highest BCUT2D eigenvalue weighted by atomic mass is 19.4. The normalized spacial score (nSPS) is 15.6. The third-order valence-electron chi connectivity index (χ3n) is 5.55. The van der Waals surface area contributed by atoms with Gasteiger partial charge in [-0.05, 0) is 67.3 Å². The molecule has 0 radical (unpaired) electrons. The Hall–Kier alpha value is -4.43. The Morgan fingerprint density at radius 2 is 1.97 bits per heavy atom. The maximum atomic E-state index is 13.1. The van der Waals surface area contributed by atoms with Gasteiger partial charge in [0.2, 0.25) is 0 Å². The van der Waals surface area contributed by atoms with E-state index in [1.165, 1.54) is 30.5 Å². The number of anilines is 1. The van der Waals surface area contributed by atoms with Crippen LogP contribution in [0.25, 0.3) is 0 Å². The van der Waals surface area contributed by atoms with E-state index in [2.05, 4.69) is 15.6 Å². The number of nitrogens with one attached hydrogen (secondary N) is 3. The summed E-state index contributed by atoms with van der Waals surface area (Å²) in [5.41, 5.74) is 10.6. The Morgan fingerprint density at radius 1 is 1.24 bits per heavy atom. The molecule has 11 heteroatoms. The van der Waals surface area contributed by atoms with E-state index in [4.69, 9.17) is 22.1 Å². The van der Waals surface area contributed by atoms with E-state index in [0.29, 0.717) is 28.8 Å². The van der Waals surface area contributed by atoms with Gasteiger partial charge in [-0.1, -0.05) is 18.2 Å². The van der Waals surface area contributed by atoms with Crippen LogP contribution in [0.15, 0.2) is 77.1 Å². The second kappa shape index (κ2) is 12.0. The van der Waals surface area contributed by atoms with E-state index in [1.54, 1.807) is 24.3 Å². The molecule has 0 aromatic heterocycles. The maximum absolute atomic E-state index is 13.1. The summed E-state index contributed by atoms with van der Waals surface area (Å²) < 4.78 is 39.3. The molecule has 1 unspecified atom stereocenters. The Balaban J connectivity index is 1.92. The van der Waals surface area contributed by atoms with Gasteiger partial charge in [0.05, 0.1) is 23.4 Å². The van der Waals surface area contributed by atoms with Crippen LogP contribution in [-0.2, 0) is 4.79 Å². The maximum Gasteiger partial charge on any atom is 0.430 e. The van der Waals surface area contributed by atoms with E-state index < -0.39 is 29.5 Å². The molecule has 2 aromatic carbocycles. The van der Waals surface area contributed by atoms with E-state index in [0.717, 1.165) is 25.6 Å². The van der Waals surface area contributed by atoms with Crippen molar-refractivity contribution in [1.82, 2.24) is 5.32 Å². The van der Waals surface area contributed by atoms with Gasteiger partial charge in [-0.3, -0.25) is 4.79 Å². The van der Waals surface area contributed by atoms with Crippen molar-refractivity contribution in [2.45, 2.75) is 25.1 Å². The molecule has 1 aliphatic carbocycles. The zero-order valence-electron chi connectivity index (χ0n) is 19.7. The predicted molar refractivity (Wildman–Crippen MR) is 136 cm³/mol. The quantitative estimate of drug-likeness (QED) is 0.304. The fourth-order valence-corrected chi connectivity index (χ4v) is 3.42. The Kier molecular flexibility index (Phi) is 8.81. The molecule has 1 amide bonds. The van der Waals surface area contributed by atoms with Gasteiger partial charge >= 0.3 is 6.18 Å². The molecule has 0 spiro atoms. The van der Waals surface area contributed by atoms with Crippen LogP contribution in [0.1, 0.15) is 30.0 Å². The smallest absolute Gasteiger partial charge is 0.404 e. The summed E-state index contributed by atoms with van der Waals surface area (Å²) in [6.45, 7) is 0.729. The molecule has 1 fully saturated rings. The molecule has 0 aliphatic heterocycles. The fourth-order valence-electron chi connectivity index (χ4n) is 3.42. The molecule has 0 saturated heterocycles. The molecule has 8 nitrogen and oxygen atoms in total. The molecular formula is C26H26F3N7O. The van der Waals surface area contributed by atoms with E-state index in [9.17, 15) is 18.0 Å². The third kappa shape index (κ3) is 7.78. The summed E-state index contributed by atoms with van der Waals surface area (Å²) in [5.74, 6) is -0.379. The van der Waals surface area contributed by atoms with Gasteiger partial charge in [-0.15, -0.1) is 0 Å². The number of rotatable bonds is 10. The van der Waals surface area contributed by atoms with E-state index in [-0.39, 0.29) is 11.3 Å². The Labute approximate surface area is 212 Å². The number of allylic oxidation sites excluding steroid dienone is 1. The number of benzene rings is 2. The first kappa shape index (κ1) is 27.2. The van der Waals surface area contributed by atoms with Crippen molar-refractivity contribution in [1.29, 1.82) is 10.7 Å². The number of nitriles is 1. The number of carbonyl (C=O) groups is 1. The van der Waals surface area contributed by atoms with E-state index in [1.807, 2.05) is 6.07 Å². The molecule has 1 atom stereocenters. The third-order valence-corrected chi connectivity index (χ3v) is 5.55. The molecule has 1 aliphatic rings. The number of hydrogen-bond acceptors (Lipinski definition) is 7. The molecule has 2 aromatic rings. The van der Waals surface area contributed by atoms with Gasteiger partial charge in [0.25, 0.3) is 5.91 Å². The van der Waals surface area contributed by atoms with Crippen molar-refractivity contribution in [3.05, 3.63) is 83.2 Å².